The topological polar surface area (TPSA) is 140 Å². The highest BCUT2D eigenvalue weighted by Gasteiger charge is 2.55. The molecule has 1 fully saturated rings. The molecule has 0 spiro atoms. The average Bonchev–Trinajstić information content (AvgIpc) is 3.04. The van der Waals surface area contributed by atoms with Crippen molar-refractivity contribution in [2.75, 3.05) is 19.8 Å². The number of aliphatic hydroxyl groups excluding tert-OH is 1. The summed E-state index contributed by atoms with van der Waals surface area (Å²) in [6, 6.07) is 1.33. The number of pyridine rings is 1. The lowest BCUT2D eigenvalue weighted by Crippen LogP contribution is -2.41. The molecule has 0 unspecified atom stereocenters. The third-order valence-corrected chi connectivity index (χ3v) is 6.72. The lowest BCUT2D eigenvalue weighted by atomic mass is 10.1. The number of aromatic nitrogens is 1. The average molecular weight is 497 g/mol. The highest BCUT2D eigenvalue weighted by molar-refractivity contribution is 7.54. The predicted molar refractivity (Wildman–Crippen MR) is 108 cm³/mol. The van der Waals surface area contributed by atoms with E-state index >= 15 is 0 Å². The Balaban J connectivity index is 2.49. The van der Waals surface area contributed by atoms with E-state index in [4.69, 9.17) is 23.3 Å². The number of halogens is 2. The second kappa shape index (κ2) is 10.8. The van der Waals surface area contributed by atoms with Gasteiger partial charge >= 0.3 is 25.2 Å². The molecule has 0 saturated carbocycles. The molecule has 1 aliphatic heterocycles. The first-order chi connectivity index (χ1) is 15.4. The second-order valence-electron chi connectivity index (χ2n) is 6.93. The van der Waals surface area contributed by atoms with Crippen LogP contribution in [0.15, 0.2) is 23.1 Å². The molecule has 0 amide bonds. The fourth-order valence-electron chi connectivity index (χ4n) is 3.31. The van der Waals surface area contributed by atoms with E-state index in [-0.39, 0.29) is 13.2 Å². The summed E-state index contributed by atoms with van der Waals surface area (Å²) in [5.74, 6) is -1.56. The van der Waals surface area contributed by atoms with Gasteiger partial charge in [0.1, 0.15) is 6.10 Å². The first-order valence-electron chi connectivity index (χ1n) is 10.0. The fourth-order valence-corrected chi connectivity index (χ4v) is 4.85. The molecular formula is C19H26F2NO10P. The van der Waals surface area contributed by atoms with Crippen LogP contribution < -0.4 is 5.56 Å². The Bertz CT molecular complexity index is 958. The number of ether oxygens (including phenoxy) is 3. The maximum Gasteiger partial charge on any atom is 0.404 e. The van der Waals surface area contributed by atoms with Gasteiger partial charge in [0.15, 0.2) is 18.4 Å². The second-order valence-corrected chi connectivity index (χ2v) is 9.00. The number of aliphatic hydroxyl groups is 1. The van der Waals surface area contributed by atoms with Crippen LogP contribution in [0, 0.1) is 0 Å². The van der Waals surface area contributed by atoms with Crippen molar-refractivity contribution in [2.45, 2.75) is 57.9 Å². The van der Waals surface area contributed by atoms with Gasteiger partial charge in [-0.05, 0) is 19.9 Å². The summed E-state index contributed by atoms with van der Waals surface area (Å²) in [5.41, 5.74) is -6.10. The fraction of sp³-hybridized carbons (Fsp3) is 0.632. The summed E-state index contributed by atoms with van der Waals surface area (Å²) >= 11 is 0. The molecule has 4 atom stereocenters. The SMILES string of the molecule is CCOP(=O)(OCC)C(F)(F)c1ccn([C@@H]2O[C@H](CO)[C@@H](OC(C)=O)[C@H]2OC(C)=O)c(=O)c1. The molecule has 1 aliphatic rings. The van der Waals surface area contributed by atoms with Crippen molar-refractivity contribution in [3.63, 3.8) is 0 Å². The third kappa shape index (κ3) is 5.67. The molecule has 0 aromatic carbocycles. The summed E-state index contributed by atoms with van der Waals surface area (Å²) in [6.07, 6.45) is -4.26. The van der Waals surface area contributed by atoms with Crippen LogP contribution in [-0.2, 0) is 43.1 Å². The van der Waals surface area contributed by atoms with Crippen molar-refractivity contribution in [1.82, 2.24) is 4.57 Å². The molecule has 33 heavy (non-hydrogen) atoms. The summed E-state index contributed by atoms with van der Waals surface area (Å²) in [6.45, 7) is 3.61. The lowest BCUT2D eigenvalue weighted by molar-refractivity contribution is -0.165. The van der Waals surface area contributed by atoms with Gasteiger partial charge in [0.25, 0.3) is 5.56 Å². The standard InChI is InChI=1S/C19H26F2NO10P/c1-5-28-33(27,29-6-2)19(20,21)13-7-8-22(15(26)9-13)18-17(31-12(4)25)16(30-11(3)24)14(10-23)32-18/h7-9,14,16-18,23H,5-6,10H2,1-4H3/t14-,16-,17-,18-/m1/s1. The van der Waals surface area contributed by atoms with Crippen LogP contribution in [0.3, 0.4) is 0 Å². The minimum atomic E-state index is -4.95. The molecule has 186 valence electrons. The van der Waals surface area contributed by atoms with E-state index in [0.29, 0.717) is 6.07 Å². The van der Waals surface area contributed by atoms with E-state index in [9.17, 15) is 32.8 Å². The zero-order valence-electron chi connectivity index (χ0n) is 18.4. The van der Waals surface area contributed by atoms with Gasteiger partial charge in [0, 0.05) is 31.7 Å². The van der Waals surface area contributed by atoms with Gasteiger partial charge in [-0.1, -0.05) is 0 Å². The van der Waals surface area contributed by atoms with E-state index in [0.717, 1.165) is 30.7 Å². The van der Waals surface area contributed by atoms with Gasteiger partial charge < -0.3 is 28.4 Å². The smallest absolute Gasteiger partial charge is 0.404 e. The molecule has 1 N–H and O–H groups in total. The third-order valence-electron chi connectivity index (χ3n) is 4.58. The molecule has 2 rings (SSSR count). The summed E-state index contributed by atoms with van der Waals surface area (Å²) in [7, 11) is -4.95. The molecule has 0 bridgehead atoms. The van der Waals surface area contributed by atoms with Crippen LogP contribution >= 0.6 is 7.60 Å². The minimum Gasteiger partial charge on any atom is -0.456 e. The molecule has 1 aromatic heterocycles. The van der Waals surface area contributed by atoms with E-state index in [1.165, 1.54) is 13.8 Å². The highest BCUT2D eigenvalue weighted by atomic mass is 31.2. The number of carbonyl (C=O) groups is 2. The molecule has 2 heterocycles. The molecule has 1 aromatic rings. The summed E-state index contributed by atoms with van der Waals surface area (Å²) < 4.78 is 68.6. The van der Waals surface area contributed by atoms with Crippen molar-refractivity contribution in [1.29, 1.82) is 0 Å². The number of hydrogen-bond acceptors (Lipinski definition) is 10. The van der Waals surface area contributed by atoms with Crippen LogP contribution in [0.2, 0.25) is 0 Å². The van der Waals surface area contributed by atoms with Crippen LogP contribution in [-0.4, -0.2) is 59.7 Å². The number of alkyl halides is 2. The molecule has 1 saturated heterocycles. The van der Waals surface area contributed by atoms with Crippen molar-refractivity contribution < 1.29 is 51.3 Å². The number of nitrogens with zero attached hydrogens (tertiary/aromatic N) is 1. The number of rotatable bonds is 10. The van der Waals surface area contributed by atoms with Crippen molar-refractivity contribution >= 4 is 19.5 Å². The molecule has 14 heteroatoms. The number of hydrogen-bond donors (Lipinski definition) is 1. The van der Waals surface area contributed by atoms with Gasteiger partial charge in [-0.15, -0.1) is 0 Å². The van der Waals surface area contributed by atoms with Gasteiger partial charge in [0.2, 0.25) is 0 Å². The van der Waals surface area contributed by atoms with E-state index in [1.807, 2.05) is 0 Å². The largest absolute Gasteiger partial charge is 0.456 e. The van der Waals surface area contributed by atoms with Crippen LogP contribution in [0.1, 0.15) is 39.5 Å². The first kappa shape index (κ1) is 27.1. The Morgan fingerprint density at radius 3 is 2.15 bits per heavy atom. The minimum absolute atomic E-state index is 0.315. The zero-order chi connectivity index (χ0) is 25.0. The van der Waals surface area contributed by atoms with Gasteiger partial charge in [-0.2, -0.15) is 8.78 Å². The Morgan fingerprint density at radius 1 is 1.15 bits per heavy atom. The van der Waals surface area contributed by atoms with E-state index in [2.05, 4.69) is 0 Å². The zero-order valence-corrected chi connectivity index (χ0v) is 19.3. The molecule has 11 nitrogen and oxygen atoms in total. The quantitative estimate of drug-likeness (QED) is 0.377. The van der Waals surface area contributed by atoms with Crippen molar-refractivity contribution in [3.05, 3.63) is 34.2 Å². The molecule has 0 radical (unpaired) electrons. The molecular weight excluding hydrogens is 471 g/mol. The summed E-state index contributed by atoms with van der Waals surface area (Å²) in [4.78, 5) is 35.8. The predicted octanol–water partition coefficient (Wildman–Crippen LogP) is 1.92. The molecule has 0 aliphatic carbocycles. The van der Waals surface area contributed by atoms with Crippen molar-refractivity contribution in [2.24, 2.45) is 0 Å². The van der Waals surface area contributed by atoms with Gasteiger partial charge in [0.05, 0.1) is 19.8 Å². The normalized spacial score (nSPS) is 23.4. The van der Waals surface area contributed by atoms with Gasteiger partial charge in [-0.3, -0.25) is 23.5 Å². The maximum absolute atomic E-state index is 15.0. The Morgan fingerprint density at radius 2 is 1.70 bits per heavy atom. The van der Waals surface area contributed by atoms with Crippen LogP contribution in [0.25, 0.3) is 0 Å². The van der Waals surface area contributed by atoms with Gasteiger partial charge in [-0.25, -0.2) is 0 Å². The van der Waals surface area contributed by atoms with E-state index < -0.39 is 67.5 Å². The van der Waals surface area contributed by atoms with Crippen LogP contribution in [0.4, 0.5) is 8.78 Å². The highest BCUT2D eigenvalue weighted by Crippen LogP contribution is 2.66. The lowest BCUT2D eigenvalue weighted by Gasteiger charge is -2.27. The van der Waals surface area contributed by atoms with Crippen LogP contribution in [0.5, 0.6) is 0 Å². The van der Waals surface area contributed by atoms with E-state index in [1.54, 1.807) is 0 Å². The number of carbonyl (C=O) groups excluding carboxylic acids is 2. The van der Waals surface area contributed by atoms with Crippen molar-refractivity contribution in [3.8, 4) is 0 Å². The number of esters is 2. The Hall–Kier alpha value is -2.18. The monoisotopic (exact) mass is 497 g/mol. The maximum atomic E-state index is 15.0. The Kier molecular flexibility index (Phi) is 8.88. The first-order valence-corrected chi connectivity index (χ1v) is 11.6. The summed E-state index contributed by atoms with van der Waals surface area (Å²) in [5, 5.41) is 9.57. The Labute approximate surface area is 188 Å².